The Labute approximate surface area is 129 Å². The molecule has 2 heterocycles. The zero-order valence-corrected chi connectivity index (χ0v) is 12.7. The number of fused-ring (bicyclic) bond motifs is 1. The predicted octanol–water partition coefficient (Wildman–Crippen LogP) is 3.77. The summed E-state index contributed by atoms with van der Waals surface area (Å²) in [6.45, 7) is 4.58. The molecule has 0 aliphatic carbocycles. The fourth-order valence-electron chi connectivity index (χ4n) is 2.66. The van der Waals surface area contributed by atoms with E-state index in [2.05, 4.69) is 6.07 Å². The summed E-state index contributed by atoms with van der Waals surface area (Å²) in [5, 5.41) is 9.19. The zero-order chi connectivity index (χ0) is 15.5. The maximum Gasteiger partial charge on any atom is 0.140 e. The van der Waals surface area contributed by atoms with Crippen LogP contribution in [0.1, 0.15) is 18.2 Å². The number of pyridine rings is 1. The summed E-state index contributed by atoms with van der Waals surface area (Å²) in [5.74, 6) is 0.797. The van der Waals surface area contributed by atoms with Gasteiger partial charge in [-0.25, -0.2) is 4.98 Å². The third-order valence-corrected chi connectivity index (χ3v) is 3.63. The molecule has 1 aromatic carbocycles. The van der Waals surface area contributed by atoms with Gasteiger partial charge in [-0.05, 0) is 37.6 Å². The molecule has 4 heteroatoms. The number of aryl methyl sites for hydroxylation is 1. The lowest BCUT2D eigenvalue weighted by atomic mass is 10.1. The minimum atomic E-state index is 0.306. The highest BCUT2D eigenvalue weighted by Crippen LogP contribution is 2.33. The van der Waals surface area contributed by atoms with E-state index in [1.807, 2.05) is 60.8 Å². The molecular weight excluding hydrogens is 274 g/mol. The molecule has 0 spiro atoms. The molecule has 0 amide bonds. The van der Waals surface area contributed by atoms with Crippen LogP contribution in [0.5, 0.6) is 5.75 Å². The van der Waals surface area contributed by atoms with Crippen LogP contribution >= 0.6 is 0 Å². The molecule has 4 nitrogen and oxygen atoms in total. The number of rotatable bonds is 4. The molecule has 110 valence electrons. The molecule has 0 fully saturated rings. The molecule has 0 bridgehead atoms. The first-order valence-electron chi connectivity index (χ1n) is 7.32. The minimum Gasteiger partial charge on any atom is -0.493 e. The van der Waals surface area contributed by atoms with Gasteiger partial charge in [-0.2, -0.15) is 5.26 Å². The highest BCUT2D eigenvalue weighted by Gasteiger charge is 2.17. The SMILES string of the molecule is CCOc1ccccc1-c1nc2c(C)cccn2c1CC#N. The van der Waals surface area contributed by atoms with E-state index in [1.165, 1.54) is 0 Å². The van der Waals surface area contributed by atoms with Crippen LogP contribution in [0, 0.1) is 18.3 Å². The van der Waals surface area contributed by atoms with Gasteiger partial charge in [0.25, 0.3) is 0 Å². The molecule has 2 aromatic heterocycles. The van der Waals surface area contributed by atoms with Crippen molar-refractivity contribution in [1.29, 1.82) is 5.26 Å². The van der Waals surface area contributed by atoms with Gasteiger partial charge in [0.05, 0.1) is 30.5 Å². The number of para-hydroxylation sites is 1. The first-order chi connectivity index (χ1) is 10.8. The molecule has 0 radical (unpaired) electrons. The van der Waals surface area contributed by atoms with Crippen LogP contribution in [0.3, 0.4) is 0 Å². The summed E-state index contributed by atoms with van der Waals surface area (Å²) in [7, 11) is 0. The Kier molecular flexibility index (Phi) is 3.80. The van der Waals surface area contributed by atoms with Crippen molar-refractivity contribution in [3.8, 4) is 23.1 Å². The molecule has 3 rings (SSSR count). The number of ether oxygens (including phenoxy) is 1. The van der Waals surface area contributed by atoms with Gasteiger partial charge in [0, 0.05) is 11.8 Å². The fraction of sp³-hybridized carbons (Fsp3) is 0.222. The first kappa shape index (κ1) is 14.2. The lowest BCUT2D eigenvalue weighted by Gasteiger charge is -2.09. The Hall–Kier alpha value is -2.80. The minimum absolute atomic E-state index is 0.306. The molecule has 0 aliphatic rings. The van der Waals surface area contributed by atoms with E-state index in [-0.39, 0.29) is 0 Å². The standard InChI is InChI=1S/C18H17N3O/c1-3-22-16-9-5-4-8-14(16)17-15(10-11-19)21-12-6-7-13(2)18(21)20-17/h4-9,12H,3,10H2,1-2H3. The smallest absolute Gasteiger partial charge is 0.140 e. The van der Waals surface area contributed by atoms with Crippen molar-refractivity contribution in [2.24, 2.45) is 0 Å². The van der Waals surface area contributed by atoms with Crippen LogP contribution in [-0.2, 0) is 6.42 Å². The molecule has 0 saturated carbocycles. The van der Waals surface area contributed by atoms with E-state index >= 15 is 0 Å². The second-order valence-corrected chi connectivity index (χ2v) is 5.06. The quantitative estimate of drug-likeness (QED) is 0.735. The average Bonchev–Trinajstić information content (AvgIpc) is 2.89. The summed E-state index contributed by atoms with van der Waals surface area (Å²) in [6, 6.07) is 14.1. The van der Waals surface area contributed by atoms with Crippen LogP contribution in [0.25, 0.3) is 16.9 Å². The molecule has 0 N–H and O–H groups in total. The van der Waals surface area contributed by atoms with Gasteiger partial charge < -0.3 is 9.14 Å². The van der Waals surface area contributed by atoms with Crippen LogP contribution < -0.4 is 4.74 Å². The van der Waals surface area contributed by atoms with Gasteiger partial charge in [0.2, 0.25) is 0 Å². The number of benzene rings is 1. The van der Waals surface area contributed by atoms with Crippen molar-refractivity contribution in [1.82, 2.24) is 9.38 Å². The molecule has 3 aromatic rings. The Bertz CT molecular complexity index is 858. The van der Waals surface area contributed by atoms with Crippen LogP contribution in [0.2, 0.25) is 0 Å². The maximum atomic E-state index is 9.19. The van der Waals surface area contributed by atoms with E-state index in [1.54, 1.807) is 0 Å². The topological polar surface area (TPSA) is 50.3 Å². The summed E-state index contributed by atoms with van der Waals surface area (Å²) in [5.41, 5.74) is 4.61. The fourth-order valence-corrected chi connectivity index (χ4v) is 2.66. The monoisotopic (exact) mass is 291 g/mol. The van der Waals surface area contributed by atoms with Crippen LogP contribution in [0.15, 0.2) is 42.6 Å². The summed E-state index contributed by atoms with van der Waals surface area (Å²) in [4.78, 5) is 4.78. The van der Waals surface area contributed by atoms with Crippen molar-refractivity contribution >= 4 is 5.65 Å². The van der Waals surface area contributed by atoms with Gasteiger partial charge in [-0.1, -0.05) is 18.2 Å². The largest absolute Gasteiger partial charge is 0.493 e. The number of imidazole rings is 1. The second kappa shape index (κ2) is 5.90. The Morgan fingerprint density at radius 3 is 2.82 bits per heavy atom. The molecular formula is C18H17N3O. The number of hydrogen-bond acceptors (Lipinski definition) is 3. The van der Waals surface area contributed by atoms with Crippen molar-refractivity contribution in [2.75, 3.05) is 6.61 Å². The Morgan fingerprint density at radius 2 is 2.05 bits per heavy atom. The van der Waals surface area contributed by atoms with E-state index in [9.17, 15) is 5.26 Å². The number of aromatic nitrogens is 2. The molecule has 0 aliphatic heterocycles. The molecule has 0 saturated heterocycles. The van der Waals surface area contributed by atoms with Crippen molar-refractivity contribution in [3.63, 3.8) is 0 Å². The molecule has 0 unspecified atom stereocenters. The van der Waals surface area contributed by atoms with Crippen molar-refractivity contribution < 1.29 is 4.74 Å². The molecule has 22 heavy (non-hydrogen) atoms. The summed E-state index contributed by atoms with van der Waals surface area (Å²) < 4.78 is 7.72. The van der Waals surface area contributed by atoms with Crippen LogP contribution in [0.4, 0.5) is 0 Å². The van der Waals surface area contributed by atoms with Crippen LogP contribution in [-0.4, -0.2) is 16.0 Å². The van der Waals surface area contributed by atoms with Gasteiger partial charge in [-0.3, -0.25) is 0 Å². The summed E-state index contributed by atoms with van der Waals surface area (Å²) >= 11 is 0. The lowest BCUT2D eigenvalue weighted by Crippen LogP contribution is -1.97. The summed E-state index contributed by atoms with van der Waals surface area (Å²) in [6.07, 6.45) is 2.26. The van der Waals surface area contributed by atoms with Gasteiger partial charge in [-0.15, -0.1) is 0 Å². The van der Waals surface area contributed by atoms with Gasteiger partial charge >= 0.3 is 0 Å². The van der Waals surface area contributed by atoms with E-state index in [4.69, 9.17) is 9.72 Å². The third-order valence-electron chi connectivity index (χ3n) is 3.63. The Morgan fingerprint density at radius 1 is 1.23 bits per heavy atom. The van der Waals surface area contributed by atoms with Gasteiger partial charge in [0.15, 0.2) is 0 Å². The Balaban J connectivity index is 2.29. The zero-order valence-electron chi connectivity index (χ0n) is 12.7. The normalized spacial score (nSPS) is 10.6. The molecule has 0 atom stereocenters. The maximum absolute atomic E-state index is 9.19. The van der Waals surface area contributed by atoms with Crippen molar-refractivity contribution in [3.05, 3.63) is 53.9 Å². The average molecular weight is 291 g/mol. The highest BCUT2D eigenvalue weighted by molar-refractivity contribution is 5.73. The van der Waals surface area contributed by atoms with Crippen molar-refractivity contribution in [2.45, 2.75) is 20.3 Å². The second-order valence-electron chi connectivity index (χ2n) is 5.06. The van der Waals surface area contributed by atoms with E-state index in [0.29, 0.717) is 13.0 Å². The highest BCUT2D eigenvalue weighted by atomic mass is 16.5. The number of hydrogen-bond donors (Lipinski definition) is 0. The third kappa shape index (κ3) is 2.31. The predicted molar refractivity (Wildman–Crippen MR) is 85.9 cm³/mol. The number of nitriles is 1. The van der Waals surface area contributed by atoms with E-state index in [0.717, 1.165) is 33.9 Å². The van der Waals surface area contributed by atoms with E-state index < -0.39 is 0 Å². The first-order valence-corrected chi connectivity index (χ1v) is 7.32. The number of nitrogens with zero attached hydrogens (tertiary/aromatic N) is 3. The lowest BCUT2D eigenvalue weighted by molar-refractivity contribution is 0.341. The van der Waals surface area contributed by atoms with Gasteiger partial charge in [0.1, 0.15) is 11.4 Å².